The van der Waals surface area contributed by atoms with Crippen molar-refractivity contribution in [2.24, 2.45) is 5.73 Å². The lowest BCUT2D eigenvalue weighted by Crippen LogP contribution is -2.27. The van der Waals surface area contributed by atoms with Crippen molar-refractivity contribution in [3.05, 3.63) is 41.6 Å². The molecule has 0 fully saturated rings. The molecule has 0 bridgehead atoms. The number of hydrogen-bond donors (Lipinski definition) is 2. The van der Waals surface area contributed by atoms with E-state index in [1.165, 1.54) is 10.9 Å². The molecular weight excluding hydrogens is 210 g/mol. The number of hydrogen-bond acceptors (Lipinski definition) is 3. The highest BCUT2D eigenvalue weighted by atomic mass is 14.9. The normalized spacial score (nSPS) is 12.9. The van der Waals surface area contributed by atoms with Crippen LogP contribution < -0.4 is 11.1 Å². The SMILES string of the molecule is CCNC(CN)c1ccc2nc(C)ccc2c1. The van der Waals surface area contributed by atoms with Crippen LogP contribution in [0.1, 0.15) is 24.2 Å². The second-order valence-electron chi connectivity index (χ2n) is 4.25. The highest BCUT2D eigenvalue weighted by Gasteiger charge is 2.08. The summed E-state index contributed by atoms with van der Waals surface area (Å²) in [4.78, 5) is 4.50. The van der Waals surface area contributed by atoms with Gasteiger partial charge >= 0.3 is 0 Å². The number of rotatable bonds is 4. The lowest BCUT2D eigenvalue weighted by atomic mass is 10.0. The second kappa shape index (κ2) is 5.25. The van der Waals surface area contributed by atoms with Gasteiger partial charge in [0.1, 0.15) is 0 Å². The van der Waals surface area contributed by atoms with Gasteiger partial charge in [-0.3, -0.25) is 4.98 Å². The molecule has 90 valence electrons. The van der Waals surface area contributed by atoms with Crippen molar-refractivity contribution in [2.75, 3.05) is 13.1 Å². The second-order valence-corrected chi connectivity index (χ2v) is 4.25. The van der Waals surface area contributed by atoms with E-state index in [2.05, 4.69) is 41.5 Å². The maximum atomic E-state index is 5.78. The summed E-state index contributed by atoms with van der Waals surface area (Å²) in [5.41, 5.74) is 9.10. The molecule has 3 N–H and O–H groups in total. The zero-order valence-corrected chi connectivity index (χ0v) is 10.4. The number of fused-ring (bicyclic) bond motifs is 1. The first kappa shape index (κ1) is 12.0. The predicted molar refractivity (Wildman–Crippen MR) is 72.0 cm³/mol. The lowest BCUT2D eigenvalue weighted by molar-refractivity contribution is 0.562. The summed E-state index contributed by atoms with van der Waals surface area (Å²) in [7, 11) is 0. The number of nitrogens with one attached hydrogen (secondary N) is 1. The molecule has 1 aromatic carbocycles. The van der Waals surface area contributed by atoms with Gasteiger partial charge in [-0.05, 0) is 37.2 Å². The van der Waals surface area contributed by atoms with Crippen LogP contribution in [0.5, 0.6) is 0 Å². The molecule has 1 aromatic heterocycles. The third kappa shape index (κ3) is 2.62. The Hall–Kier alpha value is -1.45. The molecule has 3 nitrogen and oxygen atoms in total. The van der Waals surface area contributed by atoms with Gasteiger partial charge in [0.25, 0.3) is 0 Å². The van der Waals surface area contributed by atoms with E-state index in [9.17, 15) is 0 Å². The van der Waals surface area contributed by atoms with Crippen molar-refractivity contribution in [1.29, 1.82) is 0 Å². The fourth-order valence-corrected chi connectivity index (χ4v) is 2.05. The number of pyridine rings is 1. The van der Waals surface area contributed by atoms with E-state index < -0.39 is 0 Å². The number of benzene rings is 1. The van der Waals surface area contributed by atoms with Crippen LogP contribution in [-0.4, -0.2) is 18.1 Å². The molecule has 1 unspecified atom stereocenters. The first-order valence-electron chi connectivity index (χ1n) is 6.05. The number of nitrogens with zero attached hydrogens (tertiary/aromatic N) is 1. The van der Waals surface area contributed by atoms with E-state index in [-0.39, 0.29) is 6.04 Å². The van der Waals surface area contributed by atoms with Crippen molar-refractivity contribution in [1.82, 2.24) is 10.3 Å². The van der Waals surface area contributed by atoms with Gasteiger partial charge in [-0.15, -0.1) is 0 Å². The molecule has 0 saturated carbocycles. The predicted octanol–water partition coefficient (Wildman–Crippen LogP) is 2.15. The first-order valence-corrected chi connectivity index (χ1v) is 6.05. The van der Waals surface area contributed by atoms with E-state index in [1.807, 2.05) is 13.0 Å². The van der Waals surface area contributed by atoms with Gasteiger partial charge in [0.2, 0.25) is 0 Å². The fraction of sp³-hybridized carbons (Fsp3) is 0.357. The van der Waals surface area contributed by atoms with Gasteiger partial charge < -0.3 is 11.1 Å². The van der Waals surface area contributed by atoms with Crippen molar-refractivity contribution in [3.63, 3.8) is 0 Å². The Bertz CT molecular complexity index is 508. The molecule has 0 aliphatic heterocycles. The van der Waals surface area contributed by atoms with Crippen LogP contribution in [0, 0.1) is 6.92 Å². The number of nitrogens with two attached hydrogens (primary N) is 1. The molecule has 0 aliphatic carbocycles. The number of aromatic nitrogens is 1. The quantitative estimate of drug-likeness (QED) is 0.844. The Morgan fingerprint density at radius 1 is 1.29 bits per heavy atom. The van der Waals surface area contributed by atoms with Gasteiger partial charge in [-0.2, -0.15) is 0 Å². The van der Waals surface area contributed by atoms with E-state index in [4.69, 9.17) is 5.73 Å². The first-order chi connectivity index (χ1) is 8.24. The summed E-state index contributed by atoms with van der Waals surface area (Å²) in [5.74, 6) is 0. The number of aryl methyl sites for hydroxylation is 1. The minimum atomic E-state index is 0.228. The van der Waals surface area contributed by atoms with Crippen LogP contribution in [0.25, 0.3) is 10.9 Å². The van der Waals surface area contributed by atoms with Gasteiger partial charge in [0, 0.05) is 23.7 Å². The lowest BCUT2D eigenvalue weighted by Gasteiger charge is -2.16. The van der Waals surface area contributed by atoms with Crippen molar-refractivity contribution in [2.45, 2.75) is 19.9 Å². The average Bonchev–Trinajstić information content (AvgIpc) is 2.35. The molecule has 2 aromatic rings. The van der Waals surface area contributed by atoms with Gasteiger partial charge in [0.05, 0.1) is 5.52 Å². The molecule has 0 radical (unpaired) electrons. The van der Waals surface area contributed by atoms with Gasteiger partial charge in [-0.1, -0.05) is 19.1 Å². The van der Waals surface area contributed by atoms with E-state index in [0.717, 1.165) is 17.8 Å². The zero-order valence-electron chi connectivity index (χ0n) is 10.4. The largest absolute Gasteiger partial charge is 0.329 e. The Balaban J connectivity index is 2.40. The van der Waals surface area contributed by atoms with Gasteiger partial charge in [0.15, 0.2) is 0 Å². The summed E-state index contributed by atoms with van der Waals surface area (Å²) in [5, 5.41) is 4.55. The minimum absolute atomic E-state index is 0.228. The van der Waals surface area contributed by atoms with Crippen molar-refractivity contribution in [3.8, 4) is 0 Å². The third-order valence-corrected chi connectivity index (χ3v) is 2.94. The Kier molecular flexibility index (Phi) is 3.71. The molecule has 1 heterocycles. The van der Waals surface area contributed by atoms with Crippen LogP contribution in [0.4, 0.5) is 0 Å². The molecular formula is C14H19N3. The summed E-state index contributed by atoms with van der Waals surface area (Å²) < 4.78 is 0. The standard InChI is InChI=1S/C14H19N3/c1-3-16-14(9-15)12-6-7-13-11(8-12)5-4-10(2)17-13/h4-8,14,16H,3,9,15H2,1-2H3. The van der Waals surface area contributed by atoms with Crippen molar-refractivity contribution < 1.29 is 0 Å². The summed E-state index contributed by atoms with van der Waals surface area (Å²) in [6, 6.07) is 10.7. The van der Waals surface area contributed by atoms with E-state index in [0.29, 0.717) is 6.54 Å². The Morgan fingerprint density at radius 2 is 2.12 bits per heavy atom. The molecule has 3 heteroatoms. The van der Waals surface area contributed by atoms with Crippen molar-refractivity contribution >= 4 is 10.9 Å². The molecule has 17 heavy (non-hydrogen) atoms. The summed E-state index contributed by atoms with van der Waals surface area (Å²) in [6.07, 6.45) is 0. The van der Waals surface area contributed by atoms with Crippen LogP contribution in [0.3, 0.4) is 0 Å². The maximum Gasteiger partial charge on any atom is 0.0705 e. The minimum Gasteiger partial charge on any atom is -0.329 e. The van der Waals surface area contributed by atoms with E-state index >= 15 is 0 Å². The van der Waals surface area contributed by atoms with Crippen LogP contribution in [0.2, 0.25) is 0 Å². The average molecular weight is 229 g/mol. The third-order valence-electron chi connectivity index (χ3n) is 2.94. The van der Waals surface area contributed by atoms with Crippen LogP contribution >= 0.6 is 0 Å². The van der Waals surface area contributed by atoms with Crippen LogP contribution in [0.15, 0.2) is 30.3 Å². The highest BCUT2D eigenvalue weighted by Crippen LogP contribution is 2.19. The number of likely N-dealkylation sites (N-methyl/N-ethyl adjacent to an activating group) is 1. The fourth-order valence-electron chi connectivity index (χ4n) is 2.05. The van der Waals surface area contributed by atoms with Crippen LogP contribution in [-0.2, 0) is 0 Å². The zero-order chi connectivity index (χ0) is 12.3. The molecule has 2 rings (SSSR count). The molecule has 1 atom stereocenters. The molecule has 0 aliphatic rings. The smallest absolute Gasteiger partial charge is 0.0705 e. The van der Waals surface area contributed by atoms with Gasteiger partial charge in [-0.25, -0.2) is 0 Å². The maximum absolute atomic E-state index is 5.78. The molecule has 0 saturated heterocycles. The topological polar surface area (TPSA) is 50.9 Å². The Morgan fingerprint density at radius 3 is 2.82 bits per heavy atom. The van der Waals surface area contributed by atoms with E-state index in [1.54, 1.807) is 0 Å². The summed E-state index contributed by atoms with van der Waals surface area (Å²) >= 11 is 0. The monoisotopic (exact) mass is 229 g/mol. The Labute approximate surface area is 102 Å². The molecule has 0 amide bonds. The molecule has 0 spiro atoms. The summed E-state index contributed by atoms with van der Waals surface area (Å²) in [6.45, 7) is 5.63. The highest BCUT2D eigenvalue weighted by molar-refractivity contribution is 5.79.